The second-order valence-corrected chi connectivity index (χ2v) is 4.01. The lowest BCUT2D eigenvalue weighted by atomic mass is 10.1. The van der Waals surface area contributed by atoms with Crippen LogP contribution < -0.4 is 5.73 Å². The first-order valence-electron chi connectivity index (χ1n) is 4.35. The van der Waals surface area contributed by atoms with Gasteiger partial charge in [0.15, 0.2) is 0 Å². The van der Waals surface area contributed by atoms with Gasteiger partial charge in [-0.05, 0) is 28.5 Å². The van der Waals surface area contributed by atoms with Gasteiger partial charge in [0, 0.05) is 4.70 Å². The monoisotopic (exact) mass is 219 g/mol. The zero-order chi connectivity index (χ0) is 10.8. The Bertz CT molecular complexity index is 542. The van der Waals surface area contributed by atoms with Crippen molar-refractivity contribution in [2.24, 2.45) is 5.73 Å². The molecule has 3 N–H and O–H groups in total. The maximum atomic E-state index is 10.6. The number of aliphatic carboxylic acids is 1. The molecule has 0 amide bonds. The van der Waals surface area contributed by atoms with E-state index >= 15 is 0 Å². The molecule has 0 spiro atoms. The van der Waals surface area contributed by atoms with Crippen molar-refractivity contribution in [3.8, 4) is 0 Å². The van der Waals surface area contributed by atoms with Gasteiger partial charge in [-0.3, -0.25) is 0 Å². The van der Waals surface area contributed by atoms with Gasteiger partial charge in [-0.25, -0.2) is 4.79 Å². The van der Waals surface area contributed by atoms with Crippen LogP contribution in [0, 0.1) is 0 Å². The minimum absolute atomic E-state index is 0.143. The fourth-order valence-corrected chi connectivity index (χ4v) is 2.25. The van der Waals surface area contributed by atoms with E-state index in [9.17, 15) is 4.79 Å². The summed E-state index contributed by atoms with van der Waals surface area (Å²) >= 11 is 1.57. The van der Waals surface area contributed by atoms with Crippen LogP contribution in [0.5, 0.6) is 0 Å². The third-order valence-electron chi connectivity index (χ3n) is 2.07. The van der Waals surface area contributed by atoms with Crippen molar-refractivity contribution >= 4 is 33.5 Å². The summed E-state index contributed by atoms with van der Waals surface area (Å²) in [5.74, 6) is -1.09. The number of benzene rings is 1. The highest BCUT2D eigenvalue weighted by Crippen LogP contribution is 2.25. The van der Waals surface area contributed by atoms with E-state index in [0.717, 1.165) is 15.6 Å². The molecule has 2 rings (SSSR count). The van der Waals surface area contributed by atoms with Crippen LogP contribution in [-0.2, 0) is 4.79 Å². The summed E-state index contributed by atoms with van der Waals surface area (Å²) in [5.41, 5.74) is 6.08. The molecule has 2 aromatic rings. The van der Waals surface area contributed by atoms with Gasteiger partial charge in [0.25, 0.3) is 0 Å². The number of hydrogen-bond donors (Lipinski definition) is 2. The Morgan fingerprint density at radius 2 is 2.20 bits per heavy atom. The number of rotatable bonds is 2. The molecule has 1 aromatic heterocycles. The van der Waals surface area contributed by atoms with Crippen LogP contribution in [0.2, 0.25) is 0 Å². The van der Waals surface area contributed by atoms with Crippen molar-refractivity contribution in [3.05, 3.63) is 40.9 Å². The van der Waals surface area contributed by atoms with E-state index in [4.69, 9.17) is 10.8 Å². The maximum absolute atomic E-state index is 10.6. The molecule has 0 aliphatic rings. The van der Waals surface area contributed by atoms with Gasteiger partial charge >= 0.3 is 5.97 Å². The molecule has 0 aliphatic heterocycles. The summed E-state index contributed by atoms with van der Waals surface area (Å²) in [5, 5.41) is 11.8. The van der Waals surface area contributed by atoms with Gasteiger partial charge in [-0.15, -0.1) is 11.3 Å². The molecule has 15 heavy (non-hydrogen) atoms. The van der Waals surface area contributed by atoms with Crippen molar-refractivity contribution in [1.82, 2.24) is 0 Å². The first-order chi connectivity index (χ1) is 7.18. The zero-order valence-electron chi connectivity index (χ0n) is 7.81. The Kier molecular flexibility index (Phi) is 2.43. The van der Waals surface area contributed by atoms with Crippen molar-refractivity contribution in [3.63, 3.8) is 0 Å². The molecule has 76 valence electrons. The van der Waals surface area contributed by atoms with Crippen LogP contribution in [0.15, 0.2) is 35.3 Å². The van der Waals surface area contributed by atoms with E-state index in [1.807, 2.05) is 29.6 Å². The molecule has 0 radical (unpaired) electrons. The first kappa shape index (κ1) is 9.73. The van der Waals surface area contributed by atoms with Gasteiger partial charge in [-0.2, -0.15) is 0 Å². The van der Waals surface area contributed by atoms with Crippen LogP contribution in [0.1, 0.15) is 5.56 Å². The molecule has 0 saturated carbocycles. The Labute approximate surface area is 90.5 Å². The van der Waals surface area contributed by atoms with Gasteiger partial charge in [0.2, 0.25) is 0 Å². The second-order valence-electron chi connectivity index (χ2n) is 3.09. The van der Waals surface area contributed by atoms with Gasteiger partial charge < -0.3 is 10.8 Å². The fourth-order valence-electron chi connectivity index (χ4n) is 1.36. The summed E-state index contributed by atoms with van der Waals surface area (Å²) in [6, 6.07) is 7.72. The van der Waals surface area contributed by atoms with Crippen LogP contribution >= 0.6 is 11.3 Å². The summed E-state index contributed by atoms with van der Waals surface area (Å²) in [6.45, 7) is 0. The molecule has 4 heteroatoms. The smallest absolute Gasteiger partial charge is 0.351 e. The van der Waals surface area contributed by atoms with E-state index < -0.39 is 5.97 Å². The summed E-state index contributed by atoms with van der Waals surface area (Å²) < 4.78 is 1.06. The molecular formula is C11H9NO2S. The lowest BCUT2D eigenvalue weighted by molar-refractivity contribution is -0.132. The molecule has 0 bridgehead atoms. The molecule has 0 fully saturated rings. The molecule has 0 aliphatic carbocycles. The molecule has 3 nitrogen and oxygen atoms in total. The molecule has 1 heterocycles. The molecular weight excluding hydrogens is 210 g/mol. The molecule has 0 atom stereocenters. The second kappa shape index (κ2) is 3.74. The van der Waals surface area contributed by atoms with Crippen molar-refractivity contribution in [1.29, 1.82) is 0 Å². The molecule has 0 unspecified atom stereocenters. The van der Waals surface area contributed by atoms with Crippen LogP contribution in [0.25, 0.3) is 16.2 Å². The zero-order valence-corrected chi connectivity index (χ0v) is 8.62. The lowest BCUT2D eigenvalue weighted by Crippen LogP contribution is -2.09. The van der Waals surface area contributed by atoms with Crippen molar-refractivity contribution in [2.75, 3.05) is 0 Å². The fraction of sp³-hybridized carbons (Fsp3) is 0. The lowest BCUT2D eigenvalue weighted by Gasteiger charge is -1.97. The third-order valence-corrected chi connectivity index (χ3v) is 3.05. The standard InChI is InChI=1S/C11H9NO2S/c12-9(11(13)14)6-8-3-1-2-7-4-5-15-10(7)8/h1-6H,12H2,(H,13,14)/b9-6+. The van der Waals surface area contributed by atoms with Crippen LogP contribution in [-0.4, -0.2) is 11.1 Å². The van der Waals surface area contributed by atoms with Crippen molar-refractivity contribution in [2.45, 2.75) is 0 Å². The van der Waals surface area contributed by atoms with Crippen LogP contribution in [0.4, 0.5) is 0 Å². The number of fused-ring (bicyclic) bond motifs is 1. The predicted molar refractivity (Wildman–Crippen MR) is 61.6 cm³/mol. The highest BCUT2D eigenvalue weighted by Gasteiger charge is 2.04. The number of thiophene rings is 1. The first-order valence-corrected chi connectivity index (χ1v) is 5.23. The number of carboxylic acids is 1. The Hall–Kier alpha value is -1.81. The quantitative estimate of drug-likeness (QED) is 0.762. The average molecular weight is 219 g/mol. The largest absolute Gasteiger partial charge is 0.477 e. The Morgan fingerprint density at radius 1 is 1.40 bits per heavy atom. The van der Waals surface area contributed by atoms with Crippen LogP contribution in [0.3, 0.4) is 0 Å². The third kappa shape index (κ3) is 1.85. The SMILES string of the molecule is N/C(=C/c1cccc2ccsc12)C(=O)O. The number of hydrogen-bond acceptors (Lipinski definition) is 3. The van der Waals surface area contributed by atoms with E-state index in [0.29, 0.717) is 0 Å². The number of carbonyl (C=O) groups is 1. The van der Waals surface area contributed by atoms with E-state index in [-0.39, 0.29) is 5.70 Å². The van der Waals surface area contributed by atoms with Gasteiger partial charge in [-0.1, -0.05) is 18.2 Å². The summed E-state index contributed by atoms with van der Waals surface area (Å²) in [6.07, 6.45) is 1.49. The molecule has 1 aromatic carbocycles. The number of carboxylic acid groups (broad SMARTS) is 1. The summed E-state index contributed by atoms with van der Waals surface area (Å²) in [7, 11) is 0. The number of nitrogens with two attached hydrogens (primary N) is 1. The van der Waals surface area contributed by atoms with Crippen molar-refractivity contribution < 1.29 is 9.90 Å². The normalized spacial score (nSPS) is 11.9. The highest BCUT2D eigenvalue weighted by atomic mass is 32.1. The van der Waals surface area contributed by atoms with E-state index in [1.54, 1.807) is 11.3 Å². The average Bonchev–Trinajstić information content (AvgIpc) is 2.66. The Balaban J connectivity index is 2.57. The maximum Gasteiger partial charge on any atom is 0.351 e. The van der Waals surface area contributed by atoms with Gasteiger partial charge in [0.1, 0.15) is 5.70 Å². The van der Waals surface area contributed by atoms with Gasteiger partial charge in [0.05, 0.1) is 0 Å². The minimum Gasteiger partial charge on any atom is -0.477 e. The van der Waals surface area contributed by atoms with E-state index in [2.05, 4.69) is 0 Å². The topological polar surface area (TPSA) is 63.3 Å². The van der Waals surface area contributed by atoms with E-state index in [1.165, 1.54) is 6.08 Å². The highest BCUT2D eigenvalue weighted by molar-refractivity contribution is 7.17. The summed E-state index contributed by atoms with van der Waals surface area (Å²) in [4.78, 5) is 10.6. The Morgan fingerprint density at radius 3 is 2.93 bits per heavy atom. The minimum atomic E-state index is -1.09. The predicted octanol–water partition coefficient (Wildman–Crippen LogP) is 2.29. The molecule has 0 saturated heterocycles.